The Bertz CT molecular complexity index is 437. The molecule has 2 aromatic heterocycles. The molecule has 0 amide bonds. The van der Waals surface area contributed by atoms with E-state index in [0.29, 0.717) is 11.0 Å². The first-order valence-corrected chi connectivity index (χ1v) is 3.57. The molecule has 0 aromatic carbocycles. The highest BCUT2D eigenvalue weighted by atomic mass is 35.5. The summed E-state index contributed by atoms with van der Waals surface area (Å²) in [5, 5.41) is 0.172. The van der Waals surface area contributed by atoms with Crippen molar-refractivity contribution < 1.29 is 4.79 Å². The lowest BCUT2D eigenvalue weighted by atomic mass is 10.5. The third-order valence-electron chi connectivity index (χ3n) is 1.51. The van der Waals surface area contributed by atoms with Crippen LogP contribution in [0.1, 0.15) is 0 Å². The van der Waals surface area contributed by atoms with Crippen LogP contribution < -0.4 is 0 Å². The van der Waals surface area contributed by atoms with E-state index in [0.717, 1.165) is 0 Å². The Balaban J connectivity index is 2.81. The maximum absolute atomic E-state index is 10.3. The molecule has 0 fully saturated rings. The summed E-state index contributed by atoms with van der Waals surface area (Å²) in [5.74, 6) is 0. The van der Waals surface area contributed by atoms with Gasteiger partial charge in [-0.1, -0.05) is 0 Å². The first kappa shape index (κ1) is 7.24. The van der Waals surface area contributed by atoms with Gasteiger partial charge in [-0.2, -0.15) is 0 Å². The number of fused-ring (bicyclic) bond motifs is 1. The molecule has 2 aromatic rings. The summed E-state index contributed by atoms with van der Waals surface area (Å²) in [6.07, 6.45) is 4.75. The second kappa shape index (κ2) is 2.57. The van der Waals surface area contributed by atoms with Crippen molar-refractivity contribution in [1.82, 2.24) is 14.5 Å². The highest BCUT2D eigenvalue weighted by molar-refractivity contribution is 6.28. The smallest absolute Gasteiger partial charge is 0.276 e. The zero-order valence-corrected chi connectivity index (χ0v) is 6.62. The van der Waals surface area contributed by atoms with Crippen molar-refractivity contribution in [2.24, 2.45) is 0 Å². The number of hydrogen-bond donors (Lipinski definition) is 0. The minimum Gasteiger partial charge on any atom is -0.276 e. The van der Waals surface area contributed by atoms with E-state index >= 15 is 0 Å². The standard InChI is InChI=1S/C7H3ClN3O/c8-7-9-3-6-5(10-7)1-2-11(6)4-12/h1-3H. The van der Waals surface area contributed by atoms with Crippen LogP contribution >= 0.6 is 11.6 Å². The Kier molecular flexibility index (Phi) is 1.55. The van der Waals surface area contributed by atoms with Gasteiger partial charge in [0.15, 0.2) is 0 Å². The van der Waals surface area contributed by atoms with Crippen LogP contribution in [0.3, 0.4) is 0 Å². The Morgan fingerprint density at radius 3 is 3.17 bits per heavy atom. The average molecular weight is 181 g/mol. The Morgan fingerprint density at radius 2 is 2.42 bits per heavy atom. The molecule has 4 nitrogen and oxygen atoms in total. The largest absolute Gasteiger partial charge is 0.321 e. The van der Waals surface area contributed by atoms with E-state index in [1.54, 1.807) is 18.7 Å². The van der Waals surface area contributed by atoms with Gasteiger partial charge in [0.1, 0.15) is 0 Å². The van der Waals surface area contributed by atoms with Crippen LogP contribution in [0, 0.1) is 0 Å². The van der Waals surface area contributed by atoms with Crippen LogP contribution in [0.5, 0.6) is 0 Å². The summed E-state index contributed by atoms with van der Waals surface area (Å²) < 4.78 is 1.27. The molecule has 0 unspecified atom stereocenters. The van der Waals surface area contributed by atoms with Crippen LogP contribution in [0.25, 0.3) is 11.0 Å². The Morgan fingerprint density at radius 1 is 1.58 bits per heavy atom. The van der Waals surface area contributed by atoms with Crippen molar-refractivity contribution in [2.45, 2.75) is 0 Å². The summed E-state index contributed by atoms with van der Waals surface area (Å²) in [6, 6.07) is 1.67. The van der Waals surface area contributed by atoms with Gasteiger partial charge in [0.05, 0.1) is 17.2 Å². The van der Waals surface area contributed by atoms with Gasteiger partial charge in [-0.05, 0) is 17.7 Å². The molecule has 1 radical (unpaired) electrons. The van der Waals surface area contributed by atoms with E-state index in [4.69, 9.17) is 11.6 Å². The molecule has 0 atom stereocenters. The lowest BCUT2D eigenvalue weighted by Crippen LogP contribution is -1.92. The molecule has 5 heteroatoms. The van der Waals surface area contributed by atoms with Gasteiger partial charge in [0.25, 0.3) is 0 Å². The molecule has 0 aliphatic rings. The van der Waals surface area contributed by atoms with Crippen molar-refractivity contribution in [2.75, 3.05) is 0 Å². The fourth-order valence-corrected chi connectivity index (χ4v) is 1.12. The Labute approximate surface area is 72.8 Å². The van der Waals surface area contributed by atoms with E-state index in [2.05, 4.69) is 9.97 Å². The summed E-state index contributed by atoms with van der Waals surface area (Å²) in [7, 11) is 0. The zero-order chi connectivity index (χ0) is 8.55. The van der Waals surface area contributed by atoms with E-state index in [1.165, 1.54) is 10.8 Å². The predicted molar refractivity (Wildman–Crippen MR) is 43.6 cm³/mol. The minimum absolute atomic E-state index is 0.172. The molecule has 2 rings (SSSR count). The fourth-order valence-electron chi connectivity index (χ4n) is 0.979. The molecule has 59 valence electrons. The quantitative estimate of drug-likeness (QED) is 0.616. The molecule has 0 saturated heterocycles. The van der Waals surface area contributed by atoms with Gasteiger partial charge in [-0.3, -0.25) is 9.36 Å². The average Bonchev–Trinajstić information content (AvgIpc) is 2.46. The topological polar surface area (TPSA) is 47.8 Å². The third-order valence-corrected chi connectivity index (χ3v) is 1.69. The molecular weight excluding hydrogens is 178 g/mol. The number of nitrogens with zero attached hydrogens (tertiary/aromatic N) is 3. The molecular formula is C7H3ClN3O. The van der Waals surface area contributed by atoms with E-state index < -0.39 is 0 Å². The predicted octanol–water partition coefficient (Wildman–Crippen LogP) is 1.000. The summed E-state index contributed by atoms with van der Waals surface area (Å²) in [5.41, 5.74) is 1.24. The number of halogens is 1. The van der Waals surface area contributed by atoms with E-state index in [9.17, 15) is 4.79 Å². The normalized spacial score (nSPS) is 10.4. The second-order valence-electron chi connectivity index (χ2n) is 2.19. The number of carbonyl (C=O) groups excluding carboxylic acids is 1. The molecule has 0 spiro atoms. The zero-order valence-electron chi connectivity index (χ0n) is 5.86. The van der Waals surface area contributed by atoms with E-state index in [-0.39, 0.29) is 5.28 Å². The summed E-state index contributed by atoms with van der Waals surface area (Å²) in [6.45, 7) is 0. The third kappa shape index (κ3) is 0.967. The first-order chi connectivity index (χ1) is 5.81. The van der Waals surface area contributed by atoms with Gasteiger partial charge >= 0.3 is 6.41 Å². The first-order valence-electron chi connectivity index (χ1n) is 3.19. The summed E-state index contributed by atoms with van der Waals surface area (Å²) in [4.78, 5) is 18.0. The maximum Gasteiger partial charge on any atom is 0.321 e. The van der Waals surface area contributed by atoms with Crippen LogP contribution in [0.15, 0.2) is 18.5 Å². The van der Waals surface area contributed by atoms with Gasteiger partial charge in [0, 0.05) is 6.20 Å². The van der Waals surface area contributed by atoms with Crippen molar-refractivity contribution in [3.63, 3.8) is 0 Å². The number of aromatic nitrogens is 3. The van der Waals surface area contributed by atoms with Gasteiger partial charge in [-0.15, -0.1) is 0 Å². The monoisotopic (exact) mass is 180 g/mol. The SMILES string of the molecule is O=[C]n1ccc2nc(Cl)ncc21. The maximum atomic E-state index is 10.3. The highest BCUT2D eigenvalue weighted by Gasteiger charge is 2.02. The van der Waals surface area contributed by atoms with E-state index in [1.807, 2.05) is 0 Å². The van der Waals surface area contributed by atoms with Crippen LogP contribution in [-0.2, 0) is 4.79 Å². The molecule has 0 bridgehead atoms. The van der Waals surface area contributed by atoms with Crippen LogP contribution in [0.4, 0.5) is 0 Å². The van der Waals surface area contributed by atoms with Crippen molar-refractivity contribution >= 4 is 29.0 Å². The lowest BCUT2D eigenvalue weighted by molar-refractivity contribution is 0.549. The highest BCUT2D eigenvalue weighted by Crippen LogP contribution is 2.12. The minimum atomic E-state index is 0.172. The van der Waals surface area contributed by atoms with Crippen molar-refractivity contribution in [1.29, 1.82) is 0 Å². The molecule has 12 heavy (non-hydrogen) atoms. The second-order valence-corrected chi connectivity index (χ2v) is 2.52. The van der Waals surface area contributed by atoms with Crippen molar-refractivity contribution in [3.8, 4) is 0 Å². The molecule has 0 N–H and O–H groups in total. The van der Waals surface area contributed by atoms with Crippen LogP contribution in [-0.4, -0.2) is 20.9 Å². The fraction of sp³-hybridized carbons (Fsp3) is 0. The van der Waals surface area contributed by atoms with Crippen molar-refractivity contribution in [3.05, 3.63) is 23.7 Å². The van der Waals surface area contributed by atoms with Gasteiger partial charge in [-0.25, -0.2) is 9.97 Å². The van der Waals surface area contributed by atoms with Crippen LogP contribution in [0.2, 0.25) is 5.28 Å². The Hall–Kier alpha value is -1.42. The molecule has 2 heterocycles. The number of rotatable bonds is 1. The molecule has 0 saturated carbocycles. The van der Waals surface area contributed by atoms with Gasteiger partial charge in [0.2, 0.25) is 5.28 Å². The summed E-state index contributed by atoms with van der Waals surface area (Å²) >= 11 is 5.54. The number of hydrogen-bond acceptors (Lipinski definition) is 3. The van der Waals surface area contributed by atoms with Gasteiger partial charge < -0.3 is 0 Å². The molecule has 0 aliphatic heterocycles. The molecule has 0 aliphatic carbocycles. The lowest BCUT2D eigenvalue weighted by Gasteiger charge is -1.91.